The highest BCUT2D eigenvalue weighted by molar-refractivity contribution is 5.81. The van der Waals surface area contributed by atoms with E-state index in [0.717, 1.165) is 28.0 Å². The predicted molar refractivity (Wildman–Crippen MR) is 76.5 cm³/mol. The molecule has 1 aromatic heterocycles. The quantitative estimate of drug-likeness (QED) is 0.714. The summed E-state index contributed by atoms with van der Waals surface area (Å²) < 4.78 is 18.3. The van der Waals surface area contributed by atoms with Crippen LogP contribution in [0.25, 0.3) is 22.3 Å². The zero-order valence-corrected chi connectivity index (χ0v) is 10.9. The van der Waals surface area contributed by atoms with Crippen molar-refractivity contribution < 1.29 is 8.91 Å². The fraction of sp³-hybridized carbons (Fsp3) is 0.0625. The minimum atomic E-state index is -0.277. The van der Waals surface area contributed by atoms with Crippen LogP contribution in [0.1, 0.15) is 5.76 Å². The second kappa shape index (κ2) is 4.81. The molecule has 0 radical (unpaired) electrons. The van der Waals surface area contributed by atoms with E-state index in [1.165, 1.54) is 12.1 Å². The van der Waals surface area contributed by atoms with Crippen LogP contribution in [0.15, 0.2) is 53.2 Å². The van der Waals surface area contributed by atoms with Gasteiger partial charge in [0, 0.05) is 16.8 Å². The standard InChI is InChI=1S/C16H13FN2O/c1-10-15(9-19-20-10)12-5-6-14(16(18)8-12)11-3-2-4-13(17)7-11/h2-9H,18H2,1H3. The van der Waals surface area contributed by atoms with E-state index in [0.29, 0.717) is 5.69 Å². The molecule has 1 heterocycles. The van der Waals surface area contributed by atoms with Crippen LogP contribution in [0.3, 0.4) is 0 Å². The Bertz CT molecular complexity index is 765. The number of nitrogens with two attached hydrogens (primary N) is 1. The Labute approximate surface area is 115 Å². The maximum Gasteiger partial charge on any atom is 0.141 e. The molecule has 0 atom stereocenters. The fourth-order valence-corrected chi connectivity index (χ4v) is 2.23. The SMILES string of the molecule is Cc1oncc1-c1ccc(-c2cccc(F)c2)c(N)c1. The monoisotopic (exact) mass is 268 g/mol. The van der Waals surface area contributed by atoms with Gasteiger partial charge in [-0.15, -0.1) is 0 Å². The van der Waals surface area contributed by atoms with Gasteiger partial charge < -0.3 is 10.3 Å². The molecule has 0 bridgehead atoms. The number of rotatable bonds is 2. The molecule has 0 aliphatic heterocycles. The van der Waals surface area contributed by atoms with Crippen LogP contribution in [0.4, 0.5) is 10.1 Å². The lowest BCUT2D eigenvalue weighted by Crippen LogP contribution is -1.91. The third-order valence-corrected chi connectivity index (χ3v) is 3.25. The zero-order valence-electron chi connectivity index (χ0n) is 10.9. The maximum absolute atomic E-state index is 13.3. The average molecular weight is 268 g/mol. The first kappa shape index (κ1) is 12.4. The molecule has 3 aromatic rings. The topological polar surface area (TPSA) is 52.0 Å². The third-order valence-electron chi connectivity index (χ3n) is 3.25. The molecule has 0 aliphatic carbocycles. The van der Waals surface area contributed by atoms with Crippen LogP contribution in [0.5, 0.6) is 0 Å². The summed E-state index contributed by atoms with van der Waals surface area (Å²) in [6.07, 6.45) is 1.66. The van der Waals surface area contributed by atoms with Gasteiger partial charge in [-0.1, -0.05) is 29.4 Å². The third kappa shape index (κ3) is 2.16. The summed E-state index contributed by atoms with van der Waals surface area (Å²) in [4.78, 5) is 0. The van der Waals surface area contributed by atoms with Crippen LogP contribution in [0, 0.1) is 12.7 Å². The van der Waals surface area contributed by atoms with Crippen LogP contribution in [-0.2, 0) is 0 Å². The number of nitrogens with zero attached hydrogens (tertiary/aromatic N) is 1. The minimum Gasteiger partial charge on any atom is -0.398 e. The summed E-state index contributed by atoms with van der Waals surface area (Å²) in [5.74, 6) is 0.462. The Morgan fingerprint density at radius 1 is 1.05 bits per heavy atom. The number of hydrogen-bond donors (Lipinski definition) is 1. The van der Waals surface area contributed by atoms with E-state index in [4.69, 9.17) is 10.3 Å². The fourth-order valence-electron chi connectivity index (χ4n) is 2.23. The van der Waals surface area contributed by atoms with Gasteiger partial charge in [0.2, 0.25) is 0 Å². The molecule has 2 N–H and O–H groups in total. The number of nitrogen functional groups attached to an aromatic ring is 1. The second-order valence-electron chi connectivity index (χ2n) is 4.61. The first-order valence-electron chi connectivity index (χ1n) is 6.22. The van der Waals surface area contributed by atoms with E-state index in [1.807, 2.05) is 31.2 Å². The Hall–Kier alpha value is -2.62. The molecule has 20 heavy (non-hydrogen) atoms. The molecule has 0 aliphatic rings. The number of hydrogen-bond acceptors (Lipinski definition) is 3. The zero-order chi connectivity index (χ0) is 14.1. The molecular formula is C16H13FN2O. The van der Waals surface area contributed by atoms with Crippen LogP contribution in [0.2, 0.25) is 0 Å². The molecule has 2 aromatic carbocycles. The van der Waals surface area contributed by atoms with Crippen molar-refractivity contribution in [1.82, 2.24) is 5.16 Å². The summed E-state index contributed by atoms with van der Waals surface area (Å²) >= 11 is 0. The summed E-state index contributed by atoms with van der Waals surface area (Å²) in [6.45, 7) is 1.85. The Morgan fingerprint density at radius 2 is 1.85 bits per heavy atom. The number of aromatic nitrogens is 1. The molecule has 3 rings (SSSR count). The van der Waals surface area contributed by atoms with Crippen LogP contribution in [-0.4, -0.2) is 5.16 Å². The van der Waals surface area contributed by atoms with Gasteiger partial charge in [0.05, 0.1) is 6.20 Å². The molecule has 0 unspecified atom stereocenters. The number of halogens is 1. The molecule has 0 amide bonds. The minimum absolute atomic E-state index is 0.277. The van der Waals surface area contributed by atoms with E-state index in [-0.39, 0.29) is 5.82 Å². The first-order valence-corrected chi connectivity index (χ1v) is 6.22. The van der Waals surface area contributed by atoms with Crippen molar-refractivity contribution in [2.75, 3.05) is 5.73 Å². The smallest absolute Gasteiger partial charge is 0.141 e. The van der Waals surface area contributed by atoms with E-state index >= 15 is 0 Å². The highest BCUT2D eigenvalue weighted by atomic mass is 19.1. The van der Waals surface area contributed by atoms with Crippen molar-refractivity contribution in [3.63, 3.8) is 0 Å². The second-order valence-corrected chi connectivity index (χ2v) is 4.61. The summed E-state index contributed by atoms with van der Waals surface area (Å²) in [5, 5.41) is 3.75. The number of anilines is 1. The van der Waals surface area contributed by atoms with Gasteiger partial charge in [-0.2, -0.15) is 0 Å². The lowest BCUT2D eigenvalue weighted by atomic mass is 9.99. The lowest BCUT2D eigenvalue weighted by molar-refractivity contribution is 0.398. The number of aryl methyl sites for hydroxylation is 1. The summed E-state index contributed by atoms with van der Waals surface area (Å²) in [6, 6.07) is 12.0. The Balaban J connectivity index is 2.06. The Kier molecular flexibility index (Phi) is 2.99. The van der Waals surface area contributed by atoms with Gasteiger partial charge in [-0.25, -0.2) is 4.39 Å². The van der Waals surface area contributed by atoms with E-state index < -0.39 is 0 Å². The molecule has 0 spiro atoms. The normalized spacial score (nSPS) is 10.7. The van der Waals surface area contributed by atoms with Gasteiger partial charge in [-0.05, 0) is 36.2 Å². The van der Waals surface area contributed by atoms with Crippen molar-refractivity contribution in [2.45, 2.75) is 6.92 Å². The highest BCUT2D eigenvalue weighted by Gasteiger charge is 2.09. The van der Waals surface area contributed by atoms with Crippen molar-refractivity contribution in [1.29, 1.82) is 0 Å². The molecule has 0 saturated carbocycles. The maximum atomic E-state index is 13.3. The summed E-state index contributed by atoms with van der Waals surface area (Å²) in [7, 11) is 0. The van der Waals surface area contributed by atoms with Crippen LogP contribution >= 0.6 is 0 Å². The largest absolute Gasteiger partial charge is 0.398 e. The molecule has 0 saturated heterocycles. The lowest BCUT2D eigenvalue weighted by Gasteiger charge is -2.08. The number of benzene rings is 2. The van der Waals surface area contributed by atoms with Crippen LogP contribution < -0.4 is 5.73 Å². The molecule has 3 nitrogen and oxygen atoms in total. The van der Waals surface area contributed by atoms with Gasteiger partial charge >= 0.3 is 0 Å². The molecule has 100 valence electrons. The molecule has 0 fully saturated rings. The van der Waals surface area contributed by atoms with Crippen molar-refractivity contribution in [3.05, 3.63) is 60.2 Å². The molecule has 4 heteroatoms. The predicted octanol–water partition coefficient (Wildman–Crippen LogP) is 4.04. The Morgan fingerprint density at radius 3 is 2.50 bits per heavy atom. The van der Waals surface area contributed by atoms with Crippen molar-refractivity contribution in [3.8, 4) is 22.3 Å². The van der Waals surface area contributed by atoms with Gasteiger partial charge in [0.25, 0.3) is 0 Å². The van der Waals surface area contributed by atoms with Crippen molar-refractivity contribution in [2.24, 2.45) is 0 Å². The van der Waals surface area contributed by atoms with Crippen molar-refractivity contribution >= 4 is 5.69 Å². The van der Waals surface area contributed by atoms with E-state index in [1.54, 1.807) is 12.3 Å². The average Bonchev–Trinajstić information content (AvgIpc) is 2.85. The van der Waals surface area contributed by atoms with E-state index in [2.05, 4.69) is 5.16 Å². The highest BCUT2D eigenvalue weighted by Crippen LogP contribution is 2.32. The van der Waals surface area contributed by atoms with Gasteiger partial charge in [-0.3, -0.25) is 0 Å². The summed E-state index contributed by atoms with van der Waals surface area (Å²) in [5.41, 5.74) is 10.1. The van der Waals surface area contributed by atoms with E-state index in [9.17, 15) is 4.39 Å². The first-order chi connectivity index (χ1) is 9.65. The molecular weight excluding hydrogens is 255 g/mol. The van der Waals surface area contributed by atoms with Gasteiger partial charge in [0.15, 0.2) is 0 Å². The van der Waals surface area contributed by atoms with Gasteiger partial charge in [0.1, 0.15) is 11.6 Å².